The van der Waals surface area contributed by atoms with Crippen LogP contribution in [0.4, 0.5) is 5.69 Å². The molecule has 1 aliphatic heterocycles. The van der Waals surface area contributed by atoms with Crippen molar-refractivity contribution in [1.29, 1.82) is 0 Å². The molecule has 0 radical (unpaired) electrons. The van der Waals surface area contributed by atoms with E-state index in [4.69, 9.17) is 5.73 Å². The summed E-state index contributed by atoms with van der Waals surface area (Å²) in [5, 5.41) is 0. The van der Waals surface area contributed by atoms with E-state index in [2.05, 4.69) is 55.7 Å². The minimum atomic E-state index is 0. The van der Waals surface area contributed by atoms with Crippen LogP contribution < -0.4 is 10.6 Å². The molecule has 2 fully saturated rings. The van der Waals surface area contributed by atoms with Crippen LogP contribution in [0.5, 0.6) is 0 Å². The molecular formula is C26H46ClN3. The summed E-state index contributed by atoms with van der Waals surface area (Å²) in [6.45, 7) is 16.3. The number of nitrogens with two attached hydrogens (primary N) is 1. The Kier molecular flexibility index (Phi) is 9.97. The molecule has 172 valence electrons. The molecule has 0 aromatic heterocycles. The molecule has 1 aromatic carbocycles. The van der Waals surface area contributed by atoms with Crippen LogP contribution in [-0.2, 0) is 6.42 Å². The highest BCUT2D eigenvalue weighted by atomic mass is 35.5. The van der Waals surface area contributed by atoms with Crippen molar-refractivity contribution in [2.24, 2.45) is 17.1 Å². The molecule has 0 amide bonds. The summed E-state index contributed by atoms with van der Waals surface area (Å²) >= 11 is 0. The van der Waals surface area contributed by atoms with Crippen LogP contribution >= 0.6 is 12.4 Å². The zero-order valence-corrected chi connectivity index (χ0v) is 20.8. The lowest BCUT2D eigenvalue weighted by Gasteiger charge is -2.40. The van der Waals surface area contributed by atoms with E-state index in [9.17, 15) is 0 Å². The molecule has 1 aliphatic carbocycles. The largest absolute Gasteiger partial charge is 0.369 e. The number of hydrogen-bond donors (Lipinski definition) is 1. The summed E-state index contributed by atoms with van der Waals surface area (Å²) in [4.78, 5) is 5.32. The lowest BCUT2D eigenvalue weighted by Crippen LogP contribution is -2.47. The summed E-state index contributed by atoms with van der Waals surface area (Å²) in [5.41, 5.74) is 10.9. The van der Waals surface area contributed by atoms with Crippen LogP contribution in [0.15, 0.2) is 18.2 Å². The van der Waals surface area contributed by atoms with Gasteiger partial charge in [0.2, 0.25) is 0 Å². The van der Waals surface area contributed by atoms with Gasteiger partial charge in [0.15, 0.2) is 0 Å². The summed E-state index contributed by atoms with van der Waals surface area (Å²) in [5.74, 6) is 1.61. The van der Waals surface area contributed by atoms with Crippen molar-refractivity contribution < 1.29 is 0 Å². The molecule has 30 heavy (non-hydrogen) atoms. The average Bonchev–Trinajstić information content (AvgIpc) is 2.72. The predicted molar refractivity (Wildman–Crippen MR) is 134 cm³/mol. The molecule has 3 rings (SSSR count). The van der Waals surface area contributed by atoms with Crippen molar-refractivity contribution >= 4 is 18.1 Å². The zero-order valence-electron chi connectivity index (χ0n) is 20.0. The van der Waals surface area contributed by atoms with Gasteiger partial charge in [-0.2, -0.15) is 0 Å². The van der Waals surface area contributed by atoms with Crippen LogP contribution in [0.25, 0.3) is 0 Å². The first-order chi connectivity index (χ1) is 13.9. The van der Waals surface area contributed by atoms with E-state index < -0.39 is 0 Å². The van der Waals surface area contributed by atoms with E-state index in [0.717, 1.165) is 24.8 Å². The summed E-state index contributed by atoms with van der Waals surface area (Å²) in [6.07, 6.45) is 9.06. The van der Waals surface area contributed by atoms with Gasteiger partial charge in [-0.05, 0) is 86.1 Å². The van der Waals surface area contributed by atoms with Gasteiger partial charge in [0.25, 0.3) is 0 Å². The first-order valence-corrected chi connectivity index (χ1v) is 12.2. The van der Waals surface area contributed by atoms with Crippen LogP contribution in [-0.4, -0.2) is 44.2 Å². The van der Waals surface area contributed by atoms with Crippen molar-refractivity contribution in [2.45, 2.75) is 78.6 Å². The van der Waals surface area contributed by atoms with Gasteiger partial charge < -0.3 is 10.6 Å². The average molecular weight is 436 g/mol. The van der Waals surface area contributed by atoms with Crippen molar-refractivity contribution in [3.8, 4) is 0 Å². The van der Waals surface area contributed by atoms with Crippen LogP contribution in [0.2, 0.25) is 0 Å². The molecule has 0 bridgehead atoms. The Hall–Kier alpha value is -0.770. The highest BCUT2D eigenvalue weighted by Gasteiger charge is 2.32. The van der Waals surface area contributed by atoms with E-state index in [0.29, 0.717) is 5.41 Å². The number of benzene rings is 1. The van der Waals surface area contributed by atoms with Gasteiger partial charge in [-0.3, -0.25) is 4.90 Å². The highest BCUT2D eigenvalue weighted by molar-refractivity contribution is 5.85. The van der Waals surface area contributed by atoms with Crippen LogP contribution in [0.3, 0.4) is 0 Å². The first kappa shape index (κ1) is 25.5. The quantitative estimate of drug-likeness (QED) is 0.582. The lowest BCUT2D eigenvalue weighted by atomic mass is 9.68. The molecule has 0 spiro atoms. The summed E-state index contributed by atoms with van der Waals surface area (Å²) in [7, 11) is 0. The Morgan fingerprint density at radius 1 is 1.00 bits per heavy atom. The maximum Gasteiger partial charge on any atom is 0.0405 e. The molecule has 1 saturated carbocycles. The number of anilines is 1. The fourth-order valence-electron chi connectivity index (χ4n) is 5.40. The van der Waals surface area contributed by atoms with Crippen molar-refractivity contribution in [1.82, 2.24) is 4.90 Å². The monoisotopic (exact) mass is 435 g/mol. The smallest absolute Gasteiger partial charge is 0.0405 e. The van der Waals surface area contributed by atoms with Gasteiger partial charge in [0.05, 0.1) is 0 Å². The van der Waals surface area contributed by atoms with E-state index in [-0.39, 0.29) is 12.4 Å². The fourth-order valence-corrected chi connectivity index (χ4v) is 5.40. The maximum absolute atomic E-state index is 5.87. The van der Waals surface area contributed by atoms with E-state index in [1.165, 1.54) is 82.5 Å². The van der Waals surface area contributed by atoms with Gasteiger partial charge in [-0.15, -0.1) is 12.4 Å². The topological polar surface area (TPSA) is 32.5 Å². The second-order valence-electron chi connectivity index (χ2n) is 10.5. The van der Waals surface area contributed by atoms with E-state index in [1.807, 2.05) is 0 Å². The Labute approximate surface area is 192 Å². The molecule has 1 aromatic rings. The molecule has 2 aliphatic rings. The predicted octanol–water partition coefficient (Wildman–Crippen LogP) is 5.85. The Morgan fingerprint density at radius 2 is 1.67 bits per heavy atom. The maximum atomic E-state index is 5.87. The third-order valence-corrected chi connectivity index (χ3v) is 7.46. The van der Waals surface area contributed by atoms with Crippen molar-refractivity contribution in [3.05, 3.63) is 29.3 Å². The molecule has 0 unspecified atom stereocenters. The molecule has 3 nitrogen and oxygen atoms in total. The summed E-state index contributed by atoms with van der Waals surface area (Å²) < 4.78 is 0. The third kappa shape index (κ3) is 6.61. The molecule has 2 N–H and O–H groups in total. The van der Waals surface area contributed by atoms with Crippen LogP contribution in [0, 0.1) is 11.3 Å². The minimum absolute atomic E-state index is 0. The fraction of sp³-hybridized carbons (Fsp3) is 0.769. The van der Waals surface area contributed by atoms with Gasteiger partial charge in [-0.25, -0.2) is 0 Å². The molecular weight excluding hydrogens is 390 g/mol. The minimum Gasteiger partial charge on any atom is -0.369 e. The lowest BCUT2D eigenvalue weighted by molar-refractivity contribution is 0.169. The Morgan fingerprint density at radius 3 is 2.23 bits per heavy atom. The molecule has 0 atom stereocenters. The first-order valence-electron chi connectivity index (χ1n) is 12.2. The Balaban J connectivity index is 0.00000320. The molecule has 4 heteroatoms. The standard InChI is InChI=1S/C26H45N3.ClH/c1-5-6-15-28-16-18-29(19-17-28)25-20-21(13-14-27)7-12-24(25)22-8-10-23(11-9-22)26(2,3)4;/h7,12,20,22-23H,5-6,8-11,13-19,27H2,1-4H3;1H. The van der Waals surface area contributed by atoms with Crippen molar-refractivity contribution in [2.75, 3.05) is 44.2 Å². The Bertz CT molecular complexity index is 624. The van der Waals surface area contributed by atoms with Crippen molar-refractivity contribution in [3.63, 3.8) is 0 Å². The second kappa shape index (κ2) is 11.7. The van der Waals surface area contributed by atoms with E-state index >= 15 is 0 Å². The number of unbranched alkanes of at least 4 members (excludes halogenated alkanes) is 1. The number of nitrogens with zero attached hydrogens (tertiary/aromatic N) is 2. The second-order valence-corrected chi connectivity index (χ2v) is 10.5. The number of piperazine rings is 1. The third-order valence-electron chi connectivity index (χ3n) is 7.46. The number of hydrogen-bond acceptors (Lipinski definition) is 3. The molecule has 1 heterocycles. The normalized spacial score (nSPS) is 23.3. The molecule has 1 saturated heterocycles. The highest BCUT2D eigenvalue weighted by Crippen LogP contribution is 2.45. The van der Waals surface area contributed by atoms with Gasteiger partial charge in [0, 0.05) is 31.9 Å². The van der Waals surface area contributed by atoms with Gasteiger partial charge >= 0.3 is 0 Å². The SMILES string of the molecule is CCCCN1CCN(c2cc(CCN)ccc2C2CCC(C(C)(C)C)CC2)CC1.Cl. The zero-order chi connectivity index (χ0) is 20.9. The number of rotatable bonds is 7. The van der Waals surface area contributed by atoms with Crippen LogP contribution in [0.1, 0.15) is 83.3 Å². The summed E-state index contributed by atoms with van der Waals surface area (Å²) in [6, 6.07) is 7.27. The van der Waals surface area contributed by atoms with Gasteiger partial charge in [-0.1, -0.05) is 46.2 Å². The van der Waals surface area contributed by atoms with Gasteiger partial charge in [0.1, 0.15) is 0 Å². The number of halogens is 1. The van der Waals surface area contributed by atoms with E-state index in [1.54, 1.807) is 5.56 Å².